The molecule has 0 amide bonds. The van der Waals surface area contributed by atoms with Crippen LogP contribution in [-0.2, 0) is 11.2 Å². The van der Waals surface area contributed by atoms with Gasteiger partial charge in [-0.05, 0) is 31.9 Å². The molecule has 2 unspecified atom stereocenters. The first-order valence-electron chi connectivity index (χ1n) is 7.01. The third-order valence-electron chi connectivity index (χ3n) is 3.77. The summed E-state index contributed by atoms with van der Waals surface area (Å²) in [4.78, 5) is 2.50. The molecular weight excluding hydrogens is 238 g/mol. The second-order valence-corrected chi connectivity index (χ2v) is 5.52. The SMILES string of the molecule is CC1CN(CCc2cccc3[nH]ncc23)CC(C)O1. The Hall–Kier alpha value is -1.39. The van der Waals surface area contributed by atoms with Crippen LogP contribution >= 0.6 is 0 Å². The van der Waals surface area contributed by atoms with E-state index in [1.165, 1.54) is 10.9 Å². The molecule has 1 aliphatic heterocycles. The van der Waals surface area contributed by atoms with E-state index in [9.17, 15) is 0 Å². The van der Waals surface area contributed by atoms with Gasteiger partial charge < -0.3 is 4.74 Å². The van der Waals surface area contributed by atoms with E-state index in [4.69, 9.17) is 4.74 Å². The average molecular weight is 259 g/mol. The molecule has 1 saturated heterocycles. The third kappa shape index (κ3) is 2.80. The molecule has 0 saturated carbocycles. The molecule has 4 nitrogen and oxygen atoms in total. The van der Waals surface area contributed by atoms with Gasteiger partial charge in [-0.1, -0.05) is 12.1 Å². The van der Waals surface area contributed by atoms with Crippen molar-refractivity contribution < 1.29 is 4.74 Å². The van der Waals surface area contributed by atoms with Gasteiger partial charge in [0.25, 0.3) is 0 Å². The minimum absolute atomic E-state index is 0.341. The monoisotopic (exact) mass is 259 g/mol. The molecule has 102 valence electrons. The Bertz CT molecular complexity index is 541. The van der Waals surface area contributed by atoms with E-state index in [-0.39, 0.29) is 0 Å². The van der Waals surface area contributed by atoms with Gasteiger partial charge in [-0.3, -0.25) is 10.00 Å². The minimum atomic E-state index is 0.341. The van der Waals surface area contributed by atoms with Gasteiger partial charge >= 0.3 is 0 Å². The van der Waals surface area contributed by atoms with E-state index in [0.717, 1.165) is 31.6 Å². The lowest BCUT2D eigenvalue weighted by atomic mass is 10.1. The van der Waals surface area contributed by atoms with Crippen LogP contribution in [0.4, 0.5) is 0 Å². The van der Waals surface area contributed by atoms with Gasteiger partial charge in [0, 0.05) is 25.0 Å². The number of rotatable bonds is 3. The Kier molecular flexibility index (Phi) is 3.53. The zero-order valence-electron chi connectivity index (χ0n) is 11.6. The molecule has 1 aromatic carbocycles. The summed E-state index contributed by atoms with van der Waals surface area (Å²) < 4.78 is 5.77. The van der Waals surface area contributed by atoms with E-state index in [2.05, 4.69) is 47.1 Å². The largest absolute Gasteiger partial charge is 0.373 e. The second-order valence-electron chi connectivity index (χ2n) is 5.52. The number of hydrogen-bond donors (Lipinski definition) is 1. The summed E-state index contributed by atoms with van der Waals surface area (Å²) in [5.41, 5.74) is 2.50. The van der Waals surface area contributed by atoms with E-state index in [1.807, 2.05) is 6.20 Å². The quantitative estimate of drug-likeness (QED) is 0.919. The number of fused-ring (bicyclic) bond motifs is 1. The number of ether oxygens (including phenoxy) is 1. The van der Waals surface area contributed by atoms with Crippen molar-refractivity contribution in [3.05, 3.63) is 30.0 Å². The van der Waals surface area contributed by atoms with Crippen LogP contribution in [0.15, 0.2) is 24.4 Å². The standard InChI is InChI=1S/C15H21N3O/c1-11-9-18(10-12(2)19-11)7-6-13-4-3-5-15-14(13)8-16-17-15/h3-5,8,11-12H,6-7,9-10H2,1-2H3,(H,16,17). The molecule has 1 aliphatic rings. The maximum absolute atomic E-state index is 5.77. The number of morpholine rings is 1. The van der Waals surface area contributed by atoms with Crippen LogP contribution in [0, 0.1) is 0 Å². The highest BCUT2D eigenvalue weighted by Gasteiger charge is 2.21. The van der Waals surface area contributed by atoms with Crippen molar-refractivity contribution in [3.63, 3.8) is 0 Å². The van der Waals surface area contributed by atoms with Gasteiger partial charge in [-0.25, -0.2) is 0 Å². The summed E-state index contributed by atoms with van der Waals surface area (Å²) in [5.74, 6) is 0. The molecular formula is C15H21N3O. The van der Waals surface area contributed by atoms with Crippen LogP contribution in [0.1, 0.15) is 19.4 Å². The first kappa shape index (κ1) is 12.6. The van der Waals surface area contributed by atoms with Crippen molar-refractivity contribution in [2.75, 3.05) is 19.6 Å². The highest BCUT2D eigenvalue weighted by atomic mass is 16.5. The molecule has 2 aromatic rings. The predicted molar refractivity (Wildman–Crippen MR) is 76.2 cm³/mol. The van der Waals surface area contributed by atoms with Crippen LogP contribution < -0.4 is 0 Å². The summed E-state index contributed by atoms with van der Waals surface area (Å²) in [6, 6.07) is 6.37. The minimum Gasteiger partial charge on any atom is -0.373 e. The summed E-state index contributed by atoms with van der Waals surface area (Å²) in [7, 11) is 0. The lowest BCUT2D eigenvalue weighted by Crippen LogP contribution is -2.46. The smallest absolute Gasteiger partial charge is 0.0678 e. The number of hydrogen-bond acceptors (Lipinski definition) is 3. The van der Waals surface area contributed by atoms with E-state index < -0.39 is 0 Å². The Labute approximate surface area is 113 Å². The fourth-order valence-corrected chi connectivity index (χ4v) is 2.99. The number of benzene rings is 1. The number of nitrogens with zero attached hydrogens (tertiary/aromatic N) is 2. The van der Waals surface area contributed by atoms with Crippen molar-refractivity contribution in [1.82, 2.24) is 15.1 Å². The lowest BCUT2D eigenvalue weighted by molar-refractivity contribution is -0.0675. The molecule has 0 radical (unpaired) electrons. The molecule has 3 rings (SSSR count). The van der Waals surface area contributed by atoms with Gasteiger partial charge in [-0.2, -0.15) is 5.10 Å². The summed E-state index contributed by atoms with van der Waals surface area (Å²) in [6.45, 7) is 7.46. The Morgan fingerprint density at radius 3 is 2.89 bits per heavy atom. The van der Waals surface area contributed by atoms with Crippen LogP contribution in [0.5, 0.6) is 0 Å². The van der Waals surface area contributed by atoms with E-state index in [0.29, 0.717) is 12.2 Å². The summed E-state index contributed by atoms with van der Waals surface area (Å²) in [5, 5.41) is 8.40. The molecule has 4 heteroatoms. The number of aromatic nitrogens is 2. The number of H-pyrrole nitrogens is 1. The fraction of sp³-hybridized carbons (Fsp3) is 0.533. The van der Waals surface area contributed by atoms with Gasteiger partial charge in [0.15, 0.2) is 0 Å². The van der Waals surface area contributed by atoms with Crippen molar-refractivity contribution in [2.24, 2.45) is 0 Å². The first-order chi connectivity index (χ1) is 9.22. The van der Waals surface area contributed by atoms with Crippen LogP contribution in [0.25, 0.3) is 10.9 Å². The highest BCUT2D eigenvalue weighted by Crippen LogP contribution is 2.18. The lowest BCUT2D eigenvalue weighted by Gasteiger charge is -2.35. The zero-order valence-corrected chi connectivity index (χ0v) is 11.6. The van der Waals surface area contributed by atoms with Gasteiger partial charge in [-0.15, -0.1) is 0 Å². The number of aromatic amines is 1. The molecule has 2 heterocycles. The molecule has 0 spiro atoms. The molecule has 1 N–H and O–H groups in total. The average Bonchev–Trinajstić information content (AvgIpc) is 2.83. The summed E-state index contributed by atoms with van der Waals surface area (Å²) >= 11 is 0. The topological polar surface area (TPSA) is 41.2 Å². The van der Waals surface area contributed by atoms with E-state index in [1.54, 1.807) is 0 Å². The molecule has 0 aliphatic carbocycles. The van der Waals surface area contributed by atoms with Crippen molar-refractivity contribution in [1.29, 1.82) is 0 Å². The van der Waals surface area contributed by atoms with Crippen molar-refractivity contribution in [3.8, 4) is 0 Å². The zero-order chi connectivity index (χ0) is 13.2. The molecule has 19 heavy (non-hydrogen) atoms. The molecule has 2 atom stereocenters. The van der Waals surface area contributed by atoms with Crippen LogP contribution in [0.3, 0.4) is 0 Å². The van der Waals surface area contributed by atoms with Crippen molar-refractivity contribution >= 4 is 10.9 Å². The Balaban J connectivity index is 1.67. The van der Waals surface area contributed by atoms with Crippen LogP contribution in [-0.4, -0.2) is 46.9 Å². The maximum atomic E-state index is 5.77. The van der Waals surface area contributed by atoms with Gasteiger partial charge in [0.1, 0.15) is 0 Å². The highest BCUT2D eigenvalue weighted by molar-refractivity contribution is 5.81. The third-order valence-corrected chi connectivity index (χ3v) is 3.77. The van der Waals surface area contributed by atoms with Crippen molar-refractivity contribution in [2.45, 2.75) is 32.5 Å². The normalized spacial score (nSPS) is 24.9. The predicted octanol–water partition coefficient (Wildman–Crippen LogP) is 2.21. The second kappa shape index (κ2) is 5.31. The molecule has 1 aromatic heterocycles. The maximum Gasteiger partial charge on any atom is 0.0678 e. The molecule has 0 bridgehead atoms. The van der Waals surface area contributed by atoms with Crippen LogP contribution in [0.2, 0.25) is 0 Å². The Morgan fingerprint density at radius 1 is 1.32 bits per heavy atom. The van der Waals surface area contributed by atoms with Gasteiger partial charge in [0.2, 0.25) is 0 Å². The number of nitrogens with one attached hydrogen (secondary N) is 1. The fourth-order valence-electron chi connectivity index (χ4n) is 2.99. The van der Waals surface area contributed by atoms with E-state index >= 15 is 0 Å². The Morgan fingerprint density at radius 2 is 2.11 bits per heavy atom. The summed E-state index contributed by atoms with van der Waals surface area (Å²) in [6.07, 6.45) is 3.67. The molecule has 1 fully saturated rings. The first-order valence-corrected chi connectivity index (χ1v) is 7.01. The van der Waals surface area contributed by atoms with Gasteiger partial charge in [0.05, 0.1) is 23.9 Å².